The number of nitrogens with two attached hydrogens (primary N) is 1. The Hall–Kier alpha value is -0.170. The average molecular weight is 353 g/mol. The number of aromatic nitrogens is 1. The number of pyridine rings is 1. The lowest BCUT2D eigenvalue weighted by molar-refractivity contribution is 0.181. The van der Waals surface area contributed by atoms with Crippen molar-refractivity contribution in [2.45, 2.75) is 6.04 Å². The molecule has 0 aromatic carbocycles. The number of likely N-dealkylation sites (N-methyl/N-ethyl adjacent to an activating group) is 1. The van der Waals surface area contributed by atoms with Crippen molar-refractivity contribution in [1.82, 2.24) is 4.98 Å². The van der Waals surface area contributed by atoms with Gasteiger partial charge >= 0.3 is 0 Å². The molecule has 0 aliphatic heterocycles. The molecule has 1 unspecified atom stereocenters. The number of ether oxygens (including phenoxy) is 1. The number of rotatable bonds is 5. The molecule has 0 amide bonds. The van der Waals surface area contributed by atoms with Gasteiger partial charge in [-0.25, -0.2) is 4.98 Å². The van der Waals surface area contributed by atoms with E-state index in [0.717, 1.165) is 14.8 Å². The summed E-state index contributed by atoms with van der Waals surface area (Å²) in [5.41, 5.74) is 5.88. The molecule has 16 heavy (non-hydrogen) atoms. The number of methoxy groups -OCH3 is 1. The van der Waals surface area contributed by atoms with Crippen LogP contribution in [0.4, 0.5) is 5.82 Å². The summed E-state index contributed by atoms with van der Waals surface area (Å²) in [6, 6.07) is 1.94. The van der Waals surface area contributed by atoms with E-state index < -0.39 is 0 Å². The topological polar surface area (TPSA) is 51.4 Å². The first-order chi connectivity index (χ1) is 7.54. The highest BCUT2D eigenvalue weighted by Gasteiger charge is 2.11. The van der Waals surface area contributed by atoms with Crippen molar-refractivity contribution in [3.8, 4) is 0 Å². The highest BCUT2D eigenvalue weighted by atomic mass is 79.9. The molecule has 90 valence electrons. The molecule has 1 aromatic heterocycles. The van der Waals surface area contributed by atoms with Crippen LogP contribution in [-0.2, 0) is 4.74 Å². The average Bonchev–Trinajstić information content (AvgIpc) is 2.17. The zero-order valence-electron chi connectivity index (χ0n) is 9.28. The van der Waals surface area contributed by atoms with E-state index in [9.17, 15) is 0 Å². The smallest absolute Gasteiger partial charge is 0.142 e. The normalized spacial score (nSPS) is 12.6. The molecular formula is C10H15Br2N3O. The first-order valence-electron chi connectivity index (χ1n) is 4.81. The van der Waals surface area contributed by atoms with Crippen LogP contribution in [0.2, 0.25) is 0 Å². The zero-order chi connectivity index (χ0) is 12.1. The second-order valence-corrected chi connectivity index (χ2v) is 5.32. The molecule has 0 bridgehead atoms. The molecule has 0 aliphatic carbocycles. The molecule has 0 saturated heterocycles. The fourth-order valence-electron chi connectivity index (χ4n) is 1.39. The fourth-order valence-corrected chi connectivity index (χ4v) is 2.68. The van der Waals surface area contributed by atoms with Crippen LogP contribution in [0.5, 0.6) is 0 Å². The zero-order valence-corrected chi connectivity index (χ0v) is 12.5. The van der Waals surface area contributed by atoms with Gasteiger partial charge in [0.25, 0.3) is 0 Å². The molecule has 0 aliphatic rings. The van der Waals surface area contributed by atoms with E-state index >= 15 is 0 Å². The van der Waals surface area contributed by atoms with Gasteiger partial charge in [-0.05, 0) is 37.9 Å². The molecule has 6 heteroatoms. The van der Waals surface area contributed by atoms with E-state index in [1.54, 1.807) is 13.3 Å². The van der Waals surface area contributed by atoms with Crippen molar-refractivity contribution in [3.05, 3.63) is 21.2 Å². The Morgan fingerprint density at radius 1 is 1.56 bits per heavy atom. The molecule has 0 radical (unpaired) electrons. The lowest BCUT2D eigenvalue weighted by atomic mass is 10.3. The van der Waals surface area contributed by atoms with Crippen LogP contribution >= 0.6 is 31.9 Å². The number of nitrogens with zero attached hydrogens (tertiary/aromatic N) is 2. The molecule has 1 heterocycles. The molecule has 0 saturated carbocycles. The van der Waals surface area contributed by atoms with Crippen molar-refractivity contribution < 1.29 is 4.74 Å². The van der Waals surface area contributed by atoms with Gasteiger partial charge in [0.15, 0.2) is 0 Å². The van der Waals surface area contributed by atoms with E-state index in [0.29, 0.717) is 13.2 Å². The Morgan fingerprint density at radius 3 is 2.81 bits per heavy atom. The Kier molecular flexibility index (Phi) is 5.68. The Balaban J connectivity index is 2.69. The van der Waals surface area contributed by atoms with Crippen LogP contribution in [-0.4, -0.2) is 38.3 Å². The first-order valence-corrected chi connectivity index (χ1v) is 6.40. The molecule has 1 atom stereocenters. The molecule has 4 nitrogen and oxygen atoms in total. The van der Waals surface area contributed by atoms with Crippen molar-refractivity contribution in [2.24, 2.45) is 5.73 Å². The van der Waals surface area contributed by atoms with Gasteiger partial charge in [0, 0.05) is 37.4 Å². The second-order valence-electron chi connectivity index (χ2n) is 3.55. The first kappa shape index (κ1) is 13.9. The maximum Gasteiger partial charge on any atom is 0.142 e. The van der Waals surface area contributed by atoms with Gasteiger partial charge in [-0.1, -0.05) is 0 Å². The summed E-state index contributed by atoms with van der Waals surface area (Å²) in [7, 11) is 3.60. The van der Waals surface area contributed by atoms with Crippen molar-refractivity contribution in [3.63, 3.8) is 0 Å². The molecule has 1 aromatic rings. The van der Waals surface area contributed by atoms with Gasteiger partial charge in [0.1, 0.15) is 5.82 Å². The van der Waals surface area contributed by atoms with Gasteiger partial charge < -0.3 is 15.4 Å². The minimum absolute atomic E-state index is 0.0210. The largest absolute Gasteiger partial charge is 0.383 e. The van der Waals surface area contributed by atoms with E-state index in [1.165, 1.54) is 0 Å². The van der Waals surface area contributed by atoms with Gasteiger partial charge in [-0.15, -0.1) is 0 Å². The minimum atomic E-state index is -0.0210. The Bertz CT molecular complexity index is 349. The van der Waals surface area contributed by atoms with E-state index in [1.807, 2.05) is 18.0 Å². The van der Waals surface area contributed by atoms with Gasteiger partial charge in [-0.3, -0.25) is 0 Å². The highest BCUT2D eigenvalue weighted by Crippen LogP contribution is 2.25. The third-order valence-corrected chi connectivity index (χ3v) is 3.06. The number of hydrogen-bond donors (Lipinski definition) is 1. The maximum absolute atomic E-state index is 5.88. The van der Waals surface area contributed by atoms with Crippen LogP contribution in [0, 0.1) is 0 Å². The SMILES string of the molecule is COCC(N)CN(C)c1ncc(Br)cc1Br. The summed E-state index contributed by atoms with van der Waals surface area (Å²) in [5, 5.41) is 0. The maximum atomic E-state index is 5.88. The van der Waals surface area contributed by atoms with Gasteiger partial charge in [0.2, 0.25) is 0 Å². The van der Waals surface area contributed by atoms with E-state index in [4.69, 9.17) is 10.5 Å². The summed E-state index contributed by atoms with van der Waals surface area (Å²) in [6.07, 6.45) is 1.76. The van der Waals surface area contributed by atoms with Crippen LogP contribution in [0.25, 0.3) is 0 Å². The third-order valence-electron chi connectivity index (χ3n) is 2.04. The van der Waals surface area contributed by atoms with Crippen LogP contribution < -0.4 is 10.6 Å². The number of hydrogen-bond acceptors (Lipinski definition) is 4. The Morgan fingerprint density at radius 2 is 2.25 bits per heavy atom. The lowest BCUT2D eigenvalue weighted by Crippen LogP contribution is -2.38. The summed E-state index contributed by atoms with van der Waals surface area (Å²) in [6.45, 7) is 1.24. The monoisotopic (exact) mass is 351 g/mol. The van der Waals surface area contributed by atoms with Crippen LogP contribution in [0.3, 0.4) is 0 Å². The van der Waals surface area contributed by atoms with E-state index in [2.05, 4.69) is 36.8 Å². The molecule has 0 spiro atoms. The highest BCUT2D eigenvalue weighted by molar-refractivity contribution is 9.11. The fraction of sp³-hybridized carbons (Fsp3) is 0.500. The molecule has 1 rings (SSSR count). The van der Waals surface area contributed by atoms with Crippen molar-refractivity contribution in [1.29, 1.82) is 0 Å². The quantitative estimate of drug-likeness (QED) is 0.880. The predicted octanol–water partition coefficient (Wildman–Crippen LogP) is 2.02. The molecule has 2 N–H and O–H groups in total. The van der Waals surface area contributed by atoms with Gasteiger partial charge in [-0.2, -0.15) is 0 Å². The van der Waals surface area contributed by atoms with Crippen LogP contribution in [0.1, 0.15) is 0 Å². The summed E-state index contributed by atoms with van der Waals surface area (Å²) >= 11 is 6.84. The third kappa shape index (κ3) is 4.01. The molecular weight excluding hydrogens is 338 g/mol. The Labute approximate surface area is 112 Å². The van der Waals surface area contributed by atoms with Crippen LogP contribution in [0.15, 0.2) is 21.2 Å². The lowest BCUT2D eigenvalue weighted by Gasteiger charge is -2.22. The summed E-state index contributed by atoms with van der Waals surface area (Å²) < 4.78 is 6.88. The molecule has 0 fully saturated rings. The standard InChI is InChI=1S/C10H15Br2N3O/c1-15(5-8(13)6-16-2)10-9(12)3-7(11)4-14-10/h3-4,8H,5-6,13H2,1-2H3. The van der Waals surface area contributed by atoms with Gasteiger partial charge in [0.05, 0.1) is 11.1 Å². The summed E-state index contributed by atoms with van der Waals surface area (Å²) in [4.78, 5) is 6.33. The second kappa shape index (κ2) is 6.54. The minimum Gasteiger partial charge on any atom is -0.383 e. The number of halogens is 2. The van der Waals surface area contributed by atoms with Crippen molar-refractivity contribution in [2.75, 3.05) is 32.2 Å². The van der Waals surface area contributed by atoms with E-state index in [-0.39, 0.29) is 6.04 Å². The summed E-state index contributed by atoms with van der Waals surface area (Å²) in [5.74, 6) is 0.870. The van der Waals surface area contributed by atoms with Crippen molar-refractivity contribution >= 4 is 37.7 Å². The predicted molar refractivity (Wildman–Crippen MR) is 72.8 cm³/mol. The number of anilines is 1.